The summed E-state index contributed by atoms with van der Waals surface area (Å²) in [5, 5.41) is 6.86. The summed E-state index contributed by atoms with van der Waals surface area (Å²) in [6, 6.07) is 14.7. The number of hydrogen-bond donors (Lipinski definition) is 2. The van der Waals surface area contributed by atoms with Crippen LogP contribution in [0.5, 0.6) is 5.75 Å². The summed E-state index contributed by atoms with van der Waals surface area (Å²) < 4.78 is 5.65. The van der Waals surface area contributed by atoms with Crippen LogP contribution in [0.15, 0.2) is 59.9 Å². The number of hydrogen-bond acceptors (Lipinski definition) is 4. The van der Waals surface area contributed by atoms with Gasteiger partial charge in [-0.05, 0) is 37.6 Å². The van der Waals surface area contributed by atoms with Gasteiger partial charge in [-0.25, -0.2) is 4.99 Å². The topological polar surface area (TPSA) is 61.8 Å². The maximum absolute atomic E-state index is 5.65. The lowest BCUT2D eigenvalue weighted by Crippen LogP contribution is -2.44. The minimum absolute atomic E-state index is 0.396. The van der Waals surface area contributed by atoms with Crippen molar-refractivity contribution in [1.29, 1.82) is 0 Å². The van der Waals surface area contributed by atoms with E-state index >= 15 is 0 Å². The monoisotopic (exact) mass is 353 g/mol. The van der Waals surface area contributed by atoms with Gasteiger partial charge in [0.05, 0.1) is 12.7 Å². The van der Waals surface area contributed by atoms with Crippen molar-refractivity contribution in [1.82, 2.24) is 15.6 Å². The van der Waals surface area contributed by atoms with Gasteiger partial charge in [-0.2, -0.15) is 0 Å². The standard InChI is InChI=1S/C20H27N5O/c1-2-22-20(23-12-14-26-19-9-6-11-21-15-19)24-17-10-13-25(16-17)18-7-4-3-5-8-18/h3-9,11,15,17H,2,10,12-14,16H2,1H3,(H2,22,23,24). The van der Waals surface area contributed by atoms with E-state index in [1.165, 1.54) is 5.69 Å². The highest BCUT2D eigenvalue weighted by Crippen LogP contribution is 2.19. The summed E-state index contributed by atoms with van der Waals surface area (Å²) >= 11 is 0. The molecule has 6 heteroatoms. The first-order valence-electron chi connectivity index (χ1n) is 9.23. The second-order valence-corrected chi connectivity index (χ2v) is 6.21. The van der Waals surface area contributed by atoms with Crippen LogP contribution >= 0.6 is 0 Å². The zero-order chi connectivity index (χ0) is 18.0. The molecule has 1 saturated heterocycles. The van der Waals surface area contributed by atoms with Crippen LogP contribution in [-0.4, -0.2) is 49.8 Å². The number of anilines is 1. The normalized spacial score (nSPS) is 17.2. The summed E-state index contributed by atoms with van der Waals surface area (Å²) in [7, 11) is 0. The quantitative estimate of drug-likeness (QED) is 0.454. The van der Waals surface area contributed by atoms with E-state index < -0.39 is 0 Å². The number of aliphatic imine (C=N–C) groups is 1. The van der Waals surface area contributed by atoms with Crippen molar-refractivity contribution in [3.8, 4) is 5.75 Å². The molecule has 1 aromatic carbocycles. The minimum atomic E-state index is 0.396. The fourth-order valence-corrected chi connectivity index (χ4v) is 3.02. The first-order chi connectivity index (χ1) is 12.8. The molecular weight excluding hydrogens is 326 g/mol. The third kappa shape index (κ3) is 5.37. The Labute approximate surface area is 155 Å². The third-order valence-electron chi connectivity index (χ3n) is 4.26. The van der Waals surface area contributed by atoms with Crippen LogP contribution in [0.2, 0.25) is 0 Å². The maximum atomic E-state index is 5.65. The zero-order valence-electron chi connectivity index (χ0n) is 15.3. The Bertz CT molecular complexity index is 677. The highest BCUT2D eigenvalue weighted by molar-refractivity contribution is 5.80. The number of guanidine groups is 1. The van der Waals surface area contributed by atoms with E-state index in [-0.39, 0.29) is 0 Å². The molecule has 2 N–H and O–H groups in total. The fraction of sp³-hybridized carbons (Fsp3) is 0.400. The second kappa shape index (κ2) is 9.65. The van der Waals surface area contributed by atoms with Gasteiger partial charge in [-0.3, -0.25) is 4.98 Å². The van der Waals surface area contributed by atoms with Gasteiger partial charge in [0.25, 0.3) is 0 Å². The fourth-order valence-electron chi connectivity index (χ4n) is 3.02. The minimum Gasteiger partial charge on any atom is -0.490 e. The average molecular weight is 353 g/mol. The summed E-state index contributed by atoms with van der Waals surface area (Å²) in [4.78, 5) is 11.1. The van der Waals surface area contributed by atoms with E-state index in [1.54, 1.807) is 12.4 Å². The van der Waals surface area contributed by atoms with Gasteiger partial charge in [-0.1, -0.05) is 18.2 Å². The summed E-state index contributed by atoms with van der Waals surface area (Å²) in [5.74, 6) is 1.62. The van der Waals surface area contributed by atoms with E-state index in [1.807, 2.05) is 12.1 Å². The van der Waals surface area contributed by atoms with Crippen LogP contribution in [0, 0.1) is 0 Å². The van der Waals surface area contributed by atoms with Crippen molar-refractivity contribution in [2.45, 2.75) is 19.4 Å². The Morgan fingerprint density at radius 3 is 2.92 bits per heavy atom. The molecule has 1 unspecified atom stereocenters. The number of pyridine rings is 1. The summed E-state index contributed by atoms with van der Waals surface area (Å²) in [5.41, 5.74) is 1.28. The molecule has 0 aliphatic carbocycles. The highest BCUT2D eigenvalue weighted by Gasteiger charge is 2.23. The lowest BCUT2D eigenvalue weighted by molar-refractivity contribution is 0.327. The Balaban J connectivity index is 1.47. The van der Waals surface area contributed by atoms with Gasteiger partial charge >= 0.3 is 0 Å². The average Bonchev–Trinajstić information content (AvgIpc) is 3.15. The van der Waals surface area contributed by atoms with Crippen molar-refractivity contribution in [3.63, 3.8) is 0 Å². The molecule has 1 fully saturated rings. The molecule has 2 heterocycles. The molecule has 1 atom stereocenters. The van der Waals surface area contributed by atoms with E-state index in [0.717, 1.165) is 37.8 Å². The first-order valence-corrected chi connectivity index (χ1v) is 9.23. The molecule has 0 spiro atoms. The molecule has 0 radical (unpaired) electrons. The van der Waals surface area contributed by atoms with Crippen LogP contribution in [0.1, 0.15) is 13.3 Å². The summed E-state index contributed by atoms with van der Waals surface area (Å²) in [6.45, 7) is 6.09. The second-order valence-electron chi connectivity index (χ2n) is 6.21. The lowest BCUT2D eigenvalue weighted by atomic mass is 10.3. The predicted molar refractivity (Wildman–Crippen MR) is 106 cm³/mol. The van der Waals surface area contributed by atoms with Gasteiger partial charge in [0.2, 0.25) is 0 Å². The Kier molecular flexibility index (Phi) is 6.70. The molecule has 1 aliphatic rings. The number of nitrogens with one attached hydrogen (secondary N) is 2. The molecule has 0 saturated carbocycles. The van der Waals surface area contributed by atoms with E-state index in [0.29, 0.717) is 19.2 Å². The number of benzene rings is 1. The van der Waals surface area contributed by atoms with Gasteiger partial charge in [0, 0.05) is 37.6 Å². The molecule has 138 valence electrons. The van der Waals surface area contributed by atoms with E-state index in [2.05, 4.69) is 62.8 Å². The zero-order valence-corrected chi connectivity index (χ0v) is 15.3. The van der Waals surface area contributed by atoms with Crippen LogP contribution in [0.3, 0.4) is 0 Å². The third-order valence-corrected chi connectivity index (χ3v) is 4.26. The van der Waals surface area contributed by atoms with E-state index in [4.69, 9.17) is 4.74 Å². The van der Waals surface area contributed by atoms with Gasteiger partial charge in [-0.15, -0.1) is 0 Å². The molecule has 26 heavy (non-hydrogen) atoms. The number of ether oxygens (including phenoxy) is 1. The van der Waals surface area contributed by atoms with Crippen LogP contribution in [0.4, 0.5) is 5.69 Å². The molecular formula is C20H27N5O. The molecule has 1 aliphatic heterocycles. The van der Waals surface area contributed by atoms with Gasteiger partial charge in [0.1, 0.15) is 12.4 Å². The highest BCUT2D eigenvalue weighted by atomic mass is 16.5. The van der Waals surface area contributed by atoms with Crippen molar-refractivity contribution in [2.75, 3.05) is 37.7 Å². The van der Waals surface area contributed by atoms with Crippen LogP contribution in [-0.2, 0) is 0 Å². The Hall–Kier alpha value is -2.76. The number of aromatic nitrogens is 1. The largest absolute Gasteiger partial charge is 0.490 e. The number of rotatable bonds is 7. The molecule has 0 bridgehead atoms. The predicted octanol–water partition coefficient (Wildman–Crippen LogP) is 2.29. The SMILES string of the molecule is CCNC(=NCCOc1cccnc1)NC1CCN(c2ccccc2)C1. The molecule has 0 amide bonds. The lowest BCUT2D eigenvalue weighted by Gasteiger charge is -2.20. The van der Waals surface area contributed by atoms with Crippen molar-refractivity contribution < 1.29 is 4.74 Å². The van der Waals surface area contributed by atoms with Gasteiger partial charge < -0.3 is 20.3 Å². The van der Waals surface area contributed by atoms with Crippen molar-refractivity contribution in [3.05, 3.63) is 54.9 Å². The van der Waals surface area contributed by atoms with Crippen LogP contribution in [0.25, 0.3) is 0 Å². The molecule has 3 rings (SSSR count). The Morgan fingerprint density at radius 2 is 2.15 bits per heavy atom. The molecule has 1 aromatic heterocycles. The Morgan fingerprint density at radius 1 is 1.27 bits per heavy atom. The van der Waals surface area contributed by atoms with Crippen molar-refractivity contribution in [2.24, 2.45) is 4.99 Å². The first kappa shape index (κ1) is 18.0. The van der Waals surface area contributed by atoms with E-state index in [9.17, 15) is 0 Å². The number of nitrogens with zero attached hydrogens (tertiary/aromatic N) is 3. The number of para-hydroxylation sites is 1. The maximum Gasteiger partial charge on any atom is 0.191 e. The van der Waals surface area contributed by atoms with Crippen LogP contribution < -0.4 is 20.3 Å². The smallest absolute Gasteiger partial charge is 0.191 e. The molecule has 6 nitrogen and oxygen atoms in total. The van der Waals surface area contributed by atoms with Crippen molar-refractivity contribution >= 4 is 11.6 Å². The van der Waals surface area contributed by atoms with Gasteiger partial charge in [0.15, 0.2) is 5.96 Å². The molecule has 2 aromatic rings. The summed E-state index contributed by atoms with van der Waals surface area (Å²) in [6.07, 6.45) is 4.55.